The van der Waals surface area contributed by atoms with Crippen molar-refractivity contribution in [3.05, 3.63) is 0 Å². The molecule has 0 aromatic heterocycles. The molecule has 5 unspecified atom stereocenters. The fourth-order valence-electron chi connectivity index (χ4n) is 1.85. The number of aliphatic carboxylic acids is 1. The second kappa shape index (κ2) is 11.7. The first kappa shape index (κ1) is 24.1. The van der Waals surface area contributed by atoms with E-state index in [0.29, 0.717) is 12.2 Å². The minimum atomic E-state index is -1.49. The SMILES string of the molecule is CSCCC(NC(=O)C(C)N)C(=O)NC(C)C(=O)NC(C(=O)O)C(C)O. The average molecular weight is 392 g/mol. The largest absolute Gasteiger partial charge is 0.480 e. The molecular weight excluding hydrogens is 364 g/mol. The predicted octanol–water partition coefficient (Wildman–Crippen LogP) is -1.97. The van der Waals surface area contributed by atoms with Crippen molar-refractivity contribution in [1.82, 2.24) is 16.0 Å². The van der Waals surface area contributed by atoms with Crippen LogP contribution >= 0.6 is 11.8 Å². The Labute approximate surface area is 156 Å². The summed E-state index contributed by atoms with van der Waals surface area (Å²) in [6, 6.07) is -4.22. The normalized spacial score (nSPS) is 16.5. The number of carbonyl (C=O) groups is 4. The Morgan fingerprint density at radius 1 is 1.00 bits per heavy atom. The van der Waals surface area contributed by atoms with Gasteiger partial charge < -0.3 is 31.9 Å². The number of aliphatic hydroxyl groups excluding tert-OH is 1. The van der Waals surface area contributed by atoms with Crippen LogP contribution in [0, 0.1) is 0 Å². The third kappa shape index (κ3) is 8.50. The minimum absolute atomic E-state index is 0.339. The van der Waals surface area contributed by atoms with E-state index in [9.17, 15) is 24.3 Å². The van der Waals surface area contributed by atoms with Crippen molar-refractivity contribution in [1.29, 1.82) is 0 Å². The average Bonchev–Trinajstić information content (AvgIpc) is 2.54. The number of hydrogen-bond acceptors (Lipinski definition) is 7. The number of carboxylic acid groups (broad SMARTS) is 1. The Balaban J connectivity index is 4.90. The minimum Gasteiger partial charge on any atom is -0.480 e. The number of thioether (sulfide) groups is 1. The van der Waals surface area contributed by atoms with Gasteiger partial charge in [-0.3, -0.25) is 14.4 Å². The summed E-state index contributed by atoms with van der Waals surface area (Å²) in [6.45, 7) is 4.08. The topological polar surface area (TPSA) is 171 Å². The lowest BCUT2D eigenvalue weighted by Gasteiger charge is -2.23. The van der Waals surface area contributed by atoms with E-state index in [1.54, 1.807) is 0 Å². The summed E-state index contributed by atoms with van der Waals surface area (Å²) in [6.07, 6.45) is 0.880. The quantitative estimate of drug-likeness (QED) is 0.235. The zero-order valence-corrected chi connectivity index (χ0v) is 16.1. The lowest BCUT2D eigenvalue weighted by Crippen LogP contribution is -2.57. The van der Waals surface area contributed by atoms with Crippen LogP contribution in [-0.4, -0.2) is 76.2 Å². The van der Waals surface area contributed by atoms with Crippen LogP contribution in [-0.2, 0) is 19.2 Å². The molecule has 11 heteroatoms. The zero-order chi connectivity index (χ0) is 20.4. The van der Waals surface area contributed by atoms with Crippen LogP contribution in [0.3, 0.4) is 0 Å². The van der Waals surface area contributed by atoms with Crippen LogP contribution in [0.2, 0.25) is 0 Å². The molecular formula is C15H28N4O6S. The summed E-state index contributed by atoms with van der Waals surface area (Å²) in [4.78, 5) is 47.2. The van der Waals surface area contributed by atoms with Gasteiger partial charge in [-0.15, -0.1) is 0 Å². The number of nitrogens with one attached hydrogen (secondary N) is 3. The molecule has 0 aliphatic carbocycles. The van der Waals surface area contributed by atoms with Crippen molar-refractivity contribution in [2.24, 2.45) is 5.73 Å². The second-order valence-electron chi connectivity index (χ2n) is 5.93. The molecule has 5 atom stereocenters. The van der Waals surface area contributed by atoms with Gasteiger partial charge in [0.1, 0.15) is 12.1 Å². The van der Waals surface area contributed by atoms with Gasteiger partial charge in [0.05, 0.1) is 12.1 Å². The van der Waals surface area contributed by atoms with E-state index in [-0.39, 0.29) is 0 Å². The number of nitrogens with two attached hydrogens (primary N) is 1. The monoisotopic (exact) mass is 392 g/mol. The molecule has 26 heavy (non-hydrogen) atoms. The van der Waals surface area contributed by atoms with Gasteiger partial charge in [0.15, 0.2) is 6.04 Å². The van der Waals surface area contributed by atoms with Crippen molar-refractivity contribution in [2.75, 3.05) is 12.0 Å². The summed E-state index contributed by atoms with van der Waals surface area (Å²) in [5, 5.41) is 25.4. The molecule has 0 saturated carbocycles. The van der Waals surface area contributed by atoms with Crippen LogP contribution in [0.5, 0.6) is 0 Å². The Bertz CT molecular complexity index is 514. The first-order valence-corrected chi connectivity index (χ1v) is 9.47. The summed E-state index contributed by atoms with van der Waals surface area (Å²) >= 11 is 1.49. The molecule has 0 spiro atoms. The van der Waals surface area contributed by atoms with Gasteiger partial charge in [0.25, 0.3) is 0 Å². The molecule has 150 valence electrons. The number of hydrogen-bond donors (Lipinski definition) is 6. The molecule has 7 N–H and O–H groups in total. The molecule has 0 aromatic rings. The summed E-state index contributed by atoms with van der Waals surface area (Å²) in [5.74, 6) is -2.65. The van der Waals surface area contributed by atoms with E-state index < -0.39 is 54.0 Å². The lowest BCUT2D eigenvalue weighted by molar-refractivity contribution is -0.145. The van der Waals surface area contributed by atoms with E-state index in [4.69, 9.17) is 10.8 Å². The summed E-state index contributed by atoms with van der Waals surface area (Å²) in [5.41, 5.74) is 5.48. The standard InChI is InChI=1S/C15H28N4O6S/c1-7(16)12(21)18-10(5-6-26-4)14(23)17-8(2)13(22)19-11(9(3)20)15(24)25/h7-11,20H,5-6,16H2,1-4H3,(H,17,23)(H,18,21)(H,19,22)(H,24,25). The highest BCUT2D eigenvalue weighted by Crippen LogP contribution is 2.03. The molecule has 0 aromatic carbocycles. The molecule has 0 aliphatic heterocycles. The van der Waals surface area contributed by atoms with Crippen LogP contribution in [0.15, 0.2) is 0 Å². The summed E-state index contributed by atoms with van der Waals surface area (Å²) < 4.78 is 0. The summed E-state index contributed by atoms with van der Waals surface area (Å²) in [7, 11) is 0. The molecule has 0 heterocycles. The number of aliphatic hydroxyl groups is 1. The zero-order valence-electron chi connectivity index (χ0n) is 15.3. The van der Waals surface area contributed by atoms with Gasteiger partial charge in [-0.2, -0.15) is 11.8 Å². The van der Waals surface area contributed by atoms with Gasteiger partial charge in [0.2, 0.25) is 17.7 Å². The molecule has 0 rings (SSSR count). The smallest absolute Gasteiger partial charge is 0.328 e. The first-order chi connectivity index (χ1) is 12.0. The van der Waals surface area contributed by atoms with Crippen molar-refractivity contribution in [3.63, 3.8) is 0 Å². The second-order valence-corrected chi connectivity index (χ2v) is 6.91. The molecule has 0 radical (unpaired) electrons. The van der Waals surface area contributed by atoms with E-state index >= 15 is 0 Å². The van der Waals surface area contributed by atoms with Crippen LogP contribution in [0.4, 0.5) is 0 Å². The highest BCUT2D eigenvalue weighted by Gasteiger charge is 2.29. The molecule has 0 bridgehead atoms. The third-order valence-electron chi connectivity index (χ3n) is 3.46. The van der Waals surface area contributed by atoms with Crippen molar-refractivity contribution < 1.29 is 29.4 Å². The van der Waals surface area contributed by atoms with E-state index in [2.05, 4.69) is 16.0 Å². The maximum absolute atomic E-state index is 12.4. The Kier molecular flexibility index (Phi) is 10.9. The highest BCUT2D eigenvalue weighted by atomic mass is 32.2. The van der Waals surface area contributed by atoms with Gasteiger partial charge in [-0.25, -0.2) is 4.79 Å². The fourth-order valence-corrected chi connectivity index (χ4v) is 2.33. The van der Waals surface area contributed by atoms with Gasteiger partial charge in [0, 0.05) is 0 Å². The van der Waals surface area contributed by atoms with Crippen molar-refractivity contribution in [3.8, 4) is 0 Å². The number of carboxylic acids is 1. The molecule has 0 fully saturated rings. The highest BCUT2D eigenvalue weighted by molar-refractivity contribution is 7.98. The molecule has 0 saturated heterocycles. The molecule has 0 aliphatic rings. The van der Waals surface area contributed by atoms with Gasteiger partial charge in [-0.05, 0) is 39.2 Å². The maximum Gasteiger partial charge on any atom is 0.328 e. The van der Waals surface area contributed by atoms with Crippen LogP contribution in [0.25, 0.3) is 0 Å². The van der Waals surface area contributed by atoms with Crippen molar-refractivity contribution >= 4 is 35.5 Å². The van der Waals surface area contributed by atoms with Crippen molar-refractivity contribution in [2.45, 2.75) is 57.5 Å². The Morgan fingerprint density at radius 2 is 1.58 bits per heavy atom. The molecule has 10 nitrogen and oxygen atoms in total. The van der Waals surface area contributed by atoms with Gasteiger partial charge in [-0.1, -0.05) is 0 Å². The lowest BCUT2D eigenvalue weighted by atomic mass is 10.1. The predicted molar refractivity (Wildman–Crippen MR) is 97.4 cm³/mol. The van der Waals surface area contributed by atoms with E-state index in [1.165, 1.54) is 32.5 Å². The van der Waals surface area contributed by atoms with Gasteiger partial charge >= 0.3 is 5.97 Å². The third-order valence-corrected chi connectivity index (χ3v) is 4.10. The number of rotatable bonds is 11. The fraction of sp³-hybridized carbons (Fsp3) is 0.733. The van der Waals surface area contributed by atoms with Crippen LogP contribution < -0.4 is 21.7 Å². The van der Waals surface area contributed by atoms with E-state index in [0.717, 1.165) is 0 Å². The number of carbonyl (C=O) groups excluding carboxylic acids is 3. The van der Waals surface area contributed by atoms with E-state index in [1.807, 2.05) is 6.26 Å². The Morgan fingerprint density at radius 3 is 2.00 bits per heavy atom. The maximum atomic E-state index is 12.4. The first-order valence-electron chi connectivity index (χ1n) is 8.07. The Hall–Kier alpha value is -1.85. The van der Waals surface area contributed by atoms with Crippen LogP contribution in [0.1, 0.15) is 27.2 Å². The number of amides is 3. The molecule has 3 amide bonds.